The van der Waals surface area contributed by atoms with Gasteiger partial charge in [-0.15, -0.1) is 5.10 Å². The minimum Gasteiger partial charge on any atom is -0.508 e. The van der Waals surface area contributed by atoms with Crippen LogP contribution in [0.3, 0.4) is 0 Å². The maximum Gasteiger partial charge on any atom is 0.254 e. The van der Waals surface area contributed by atoms with Crippen molar-refractivity contribution in [2.75, 3.05) is 13.1 Å². The zero-order valence-electron chi connectivity index (χ0n) is 12.8. The van der Waals surface area contributed by atoms with Crippen molar-refractivity contribution < 1.29 is 14.6 Å². The van der Waals surface area contributed by atoms with Gasteiger partial charge in [-0.05, 0) is 37.1 Å². The molecule has 0 saturated carbocycles. The molecular weight excluding hydrogens is 296 g/mol. The van der Waals surface area contributed by atoms with Gasteiger partial charge in [-0.25, -0.2) is 4.68 Å². The molecule has 3 heterocycles. The van der Waals surface area contributed by atoms with Crippen LogP contribution in [0.25, 0.3) is 0 Å². The van der Waals surface area contributed by atoms with Crippen molar-refractivity contribution in [2.24, 2.45) is 0 Å². The average Bonchev–Trinajstić information content (AvgIpc) is 3.03. The topological polar surface area (TPSA) is 80.5 Å². The zero-order valence-corrected chi connectivity index (χ0v) is 12.8. The quantitative estimate of drug-likeness (QED) is 0.857. The van der Waals surface area contributed by atoms with Gasteiger partial charge in [0.15, 0.2) is 0 Å². The molecule has 2 aliphatic heterocycles. The summed E-state index contributed by atoms with van der Waals surface area (Å²) in [7, 11) is 0. The summed E-state index contributed by atoms with van der Waals surface area (Å²) in [5.41, 5.74) is 2.34. The number of likely N-dealkylation sites (tertiary alicyclic amines) is 1. The molecule has 23 heavy (non-hydrogen) atoms. The molecule has 0 bridgehead atoms. The van der Waals surface area contributed by atoms with Crippen molar-refractivity contribution in [3.63, 3.8) is 0 Å². The Balaban J connectivity index is 1.59. The molecule has 2 aromatic rings. The van der Waals surface area contributed by atoms with Crippen LogP contribution in [0.15, 0.2) is 24.4 Å². The van der Waals surface area contributed by atoms with Crippen LogP contribution in [0.4, 0.5) is 0 Å². The normalized spacial score (nSPS) is 23.3. The average molecular weight is 314 g/mol. The van der Waals surface area contributed by atoms with E-state index in [1.54, 1.807) is 24.4 Å². The number of aromatic hydroxyl groups is 1. The molecule has 1 aromatic carbocycles. The van der Waals surface area contributed by atoms with E-state index in [1.807, 2.05) is 16.5 Å². The number of phenols is 1. The molecule has 2 unspecified atom stereocenters. The number of aromatic nitrogens is 3. The Kier molecular flexibility index (Phi) is 3.30. The van der Waals surface area contributed by atoms with Crippen LogP contribution >= 0.6 is 0 Å². The first-order valence-corrected chi connectivity index (χ1v) is 7.73. The number of amides is 1. The van der Waals surface area contributed by atoms with Crippen molar-refractivity contribution in [2.45, 2.75) is 32.1 Å². The fourth-order valence-corrected chi connectivity index (χ4v) is 3.42. The van der Waals surface area contributed by atoms with E-state index in [-0.39, 0.29) is 23.8 Å². The second-order valence-electron chi connectivity index (χ2n) is 6.13. The largest absolute Gasteiger partial charge is 0.508 e. The molecule has 7 heteroatoms. The number of nitrogens with zero attached hydrogens (tertiary/aromatic N) is 4. The molecular formula is C16H18N4O3. The minimum absolute atomic E-state index is 0.0105. The number of phenolic OH excluding ortho intramolecular Hbond substituents is 1. The van der Waals surface area contributed by atoms with Crippen molar-refractivity contribution in [1.29, 1.82) is 0 Å². The lowest BCUT2D eigenvalue weighted by atomic mass is 9.98. The predicted octanol–water partition coefficient (Wildman–Crippen LogP) is 1.28. The van der Waals surface area contributed by atoms with Crippen molar-refractivity contribution in [3.05, 3.63) is 41.2 Å². The molecule has 2 atom stereocenters. The summed E-state index contributed by atoms with van der Waals surface area (Å²) in [6.07, 6.45) is 2.57. The number of hydrogen-bond acceptors (Lipinski definition) is 5. The van der Waals surface area contributed by atoms with E-state index < -0.39 is 0 Å². The summed E-state index contributed by atoms with van der Waals surface area (Å²) in [6, 6.07) is 4.85. The van der Waals surface area contributed by atoms with Gasteiger partial charge in [0.1, 0.15) is 5.75 Å². The summed E-state index contributed by atoms with van der Waals surface area (Å²) in [4.78, 5) is 14.6. The molecule has 2 aliphatic rings. The monoisotopic (exact) mass is 314 g/mol. The first kappa shape index (κ1) is 14.2. The number of hydrogen-bond donors (Lipinski definition) is 1. The van der Waals surface area contributed by atoms with E-state index in [1.165, 1.54) is 0 Å². The Morgan fingerprint density at radius 2 is 2.30 bits per heavy atom. The number of carbonyl (C=O) groups is 1. The first-order chi connectivity index (χ1) is 11.1. The van der Waals surface area contributed by atoms with E-state index in [9.17, 15) is 9.90 Å². The highest BCUT2D eigenvalue weighted by molar-refractivity contribution is 5.95. The van der Waals surface area contributed by atoms with Crippen LogP contribution in [0, 0.1) is 6.92 Å². The van der Waals surface area contributed by atoms with Gasteiger partial charge in [0, 0.05) is 18.7 Å². The zero-order chi connectivity index (χ0) is 16.0. The molecule has 1 aromatic heterocycles. The van der Waals surface area contributed by atoms with Crippen molar-refractivity contribution in [1.82, 2.24) is 19.9 Å². The van der Waals surface area contributed by atoms with Crippen LogP contribution in [-0.2, 0) is 11.3 Å². The Morgan fingerprint density at radius 3 is 3.13 bits per heavy atom. The molecule has 0 aliphatic carbocycles. The summed E-state index contributed by atoms with van der Waals surface area (Å²) in [5.74, 6) is 0.152. The highest BCUT2D eigenvalue weighted by atomic mass is 16.5. The smallest absolute Gasteiger partial charge is 0.254 e. The standard InChI is InChI=1S/C16H18N4O3/c1-10-6-12(21)2-3-13(10)16(22)19-5-4-15-14(8-19)20-11(9-23-15)7-17-18-20/h2-3,6-7,14-15,21H,4-5,8-9H2,1H3. The number of ether oxygens (including phenoxy) is 1. The summed E-state index contributed by atoms with van der Waals surface area (Å²) >= 11 is 0. The number of aryl methyl sites for hydroxylation is 1. The van der Waals surface area contributed by atoms with Crippen LogP contribution in [0.2, 0.25) is 0 Å². The van der Waals surface area contributed by atoms with Crippen LogP contribution in [0.5, 0.6) is 5.75 Å². The molecule has 7 nitrogen and oxygen atoms in total. The van der Waals surface area contributed by atoms with Crippen molar-refractivity contribution >= 4 is 5.91 Å². The minimum atomic E-state index is -0.0202. The lowest BCUT2D eigenvalue weighted by molar-refractivity contribution is -0.0605. The van der Waals surface area contributed by atoms with E-state index in [0.717, 1.165) is 17.7 Å². The SMILES string of the molecule is Cc1cc(O)ccc1C(=O)N1CCC2OCc3cnnn3C2C1. The van der Waals surface area contributed by atoms with Gasteiger partial charge in [0.2, 0.25) is 0 Å². The van der Waals surface area contributed by atoms with Gasteiger partial charge in [-0.3, -0.25) is 4.79 Å². The van der Waals surface area contributed by atoms with Crippen LogP contribution < -0.4 is 0 Å². The summed E-state index contributed by atoms with van der Waals surface area (Å²) in [5, 5.41) is 17.6. The molecule has 120 valence electrons. The maximum absolute atomic E-state index is 12.8. The molecule has 1 fully saturated rings. The predicted molar refractivity (Wildman–Crippen MR) is 81.0 cm³/mol. The Morgan fingerprint density at radius 1 is 1.43 bits per heavy atom. The third-order valence-corrected chi connectivity index (χ3v) is 4.66. The number of carbonyl (C=O) groups excluding carboxylic acids is 1. The second kappa shape index (κ2) is 5.34. The highest BCUT2D eigenvalue weighted by Crippen LogP contribution is 2.31. The Labute approximate surface area is 133 Å². The summed E-state index contributed by atoms with van der Waals surface area (Å²) in [6.45, 7) is 3.57. The lowest BCUT2D eigenvalue weighted by Crippen LogP contribution is -2.50. The maximum atomic E-state index is 12.8. The summed E-state index contributed by atoms with van der Waals surface area (Å²) < 4.78 is 7.75. The lowest BCUT2D eigenvalue weighted by Gasteiger charge is -2.41. The number of benzene rings is 1. The van der Waals surface area contributed by atoms with Crippen molar-refractivity contribution in [3.8, 4) is 5.75 Å². The third-order valence-electron chi connectivity index (χ3n) is 4.66. The highest BCUT2D eigenvalue weighted by Gasteiger charge is 2.38. The van der Waals surface area contributed by atoms with E-state index in [2.05, 4.69) is 10.3 Å². The van der Waals surface area contributed by atoms with E-state index >= 15 is 0 Å². The van der Waals surface area contributed by atoms with Gasteiger partial charge in [-0.1, -0.05) is 5.21 Å². The number of rotatable bonds is 1. The van der Waals surface area contributed by atoms with Crippen LogP contribution in [-0.4, -0.2) is 50.1 Å². The molecule has 1 saturated heterocycles. The van der Waals surface area contributed by atoms with Crippen LogP contribution in [0.1, 0.15) is 34.1 Å². The van der Waals surface area contributed by atoms with Gasteiger partial charge in [0.25, 0.3) is 5.91 Å². The van der Waals surface area contributed by atoms with Gasteiger partial charge in [-0.2, -0.15) is 0 Å². The molecule has 0 radical (unpaired) electrons. The fraction of sp³-hybridized carbons (Fsp3) is 0.438. The third kappa shape index (κ3) is 2.37. The molecule has 1 amide bonds. The Bertz CT molecular complexity index is 758. The molecule has 0 spiro atoms. The number of piperidine rings is 1. The van der Waals surface area contributed by atoms with Gasteiger partial charge < -0.3 is 14.7 Å². The number of fused-ring (bicyclic) bond motifs is 3. The Hall–Kier alpha value is -2.41. The van der Waals surface area contributed by atoms with E-state index in [0.29, 0.717) is 25.3 Å². The van der Waals surface area contributed by atoms with Gasteiger partial charge in [0.05, 0.1) is 30.6 Å². The van der Waals surface area contributed by atoms with Gasteiger partial charge >= 0.3 is 0 Å². The fourth-order valence-electron chi connectivity index (χ4n) is 3.42. The second-order valence-corrected chi connectivity index (χ2v) is 6.13. The van der Waals surface area contributed by atoms with E-state index in [4.69, 9.17) is 4.74 Å². The first-order valence-electron chi connectivity index (χ1n) is 7.73. The molecule has 1 N–H and O–H groups in total. The molecule has 4 rings (SSSR count).